The topological polar surface area (TPSA) is 150 Å². The summed E-state index contributed by atoms with van der Waals surface area (Å²) in [6, 6.07) is 1.99. The van der Waals surface area contributed by atoms with Crippen molar-refractivity contribution >= 4 is 25.1 Å². The zero-order valence-electron chi connectivity index (χ0n) is 14.3. The minimum absolute atomic E-state index is 0.0345. The molecule has 1 heterocycles. The summed E-state index contributed by atoms with van der Waals surface area (Å²) in [6.45, 7) is 1.80. The molecule has 26 heavy (non-hydrogen) atoms. The van der Waals surface area contributed by atoms with E-state index < -0.39 is 24.3 Å². The molecular formula is C14H17N4O7P. The van der Waals surface area contributed by atoms with Crippen LogP contribution < -0.4 is 16.0 Å². The molecule has 1 unspecified atom stereocenters. The molecule has 0 aromatic heterocycles. The molecule has 0 aliphatic carbocycles. The standard InChI is InChI=1S/C14H17N4O7P/c1-8(7-26(23,24-2)25-3)15-6-9-4-10(18(21)22)5-11-12(9)17-14(20)13(19)16-11/h4-5,8,15H,6-7H2,1-3H3. The van der Waals surface area contributed by atoms with Gasteiger partial charge in [-0.1, -0.05) is 0 Å². The molecular weight excluding hydrogens is 367 g/mol. The third-order valence-electron chi connectivity index (χ3n) is 3.68. The van der Waals surface area contributed by atoms with Gasteiger partial charge in [-0.2, -0.15) is 0 Å². The smallest absolute Gasteiger partial charge is 0.312 e. The molecule has 1 atom stereocenters. The van der Waals surface area contributed by atoms with Gasteiger partial charge in [0.2, 0.25) is 0 Å². The number of nitrogens with one attached hydrogen (secondary N) is 1. The van der Waals surface area contributed by atoms with E-state index in [9.17, 15) is 24.3 Å². The van der Waals surface area contributed by atoms with E-state index in [1.54, 1.807) is 6.92 Å². The summed E-state index contributed by atoms with van der Waals surface area (Å²) < 4.78 is 21.9. The van der Waals surface area contributed by atoms with Crippen LogP contribution in [0.2, 0.25) is 0 Å². The SMILES string of the molecule is COP(=O)(CC(C)NCc1cc([N+](=O)[O-])cc2c1=NC(=O)C(=O)N=2)OC. The Morgan fingerprint density at radius 1 is 1.23 bits per heavy atom. The van der Waals surface area contributed by atoms with Crippen molar-refractivity contribution in [2.75, 3.05) is 20.4 Å². The second-order valence-electron chi connectivity index (χ2n) is 5.50. The van der Waals surface area contributed by atoms with Gasteiger partial charge < -0.3 is 14.4 Å². The zero-order chi connectivity index (χ0) is 19.5. The molecule has 0 radical (unpaired) electrons. The Morgan fingerprint density at radius 3 is 2.42 bits per heavy atom. The number of carbonyl (C=O) groups is 2. The summed E-state index contributed by atoms with van der Waals surface area (Å²) >= 11 is 0. The number of nitrogens with zero attached hydrogens (tertiary/aromatic N) is 3. The largest absolute Gasteiger partial charge is 0.338 e. The summed E-state index contributed by atoms with van der Waals surface area (Å²) in [5.41, 5.74) is 0.0315. The molecule has 0 saturated heterocycles. The molecule has 0 saturated carbocycles. The number of fused-ring (bicyclic) bond motifs is 1. The fraction of sp³-hybridized carbons (Fsp3) is 0.429. The predicted molar refractivity (Wildman–Crippen MR) is 88.2 cm³/mol. The summed E-state index contributed by atoms with van der Waals surface area (Å²) in [4.78, 5) is 40.5. The highest BCUT2D eigenvalue weighted by molar-refractivity contribution is 7.53. The minimum Gasteiger partial charge on any atom is -0.312 e. The Kier molecular flexibility index (Phi) is 6.09. The minimum atomic E-state index is -3.24. The van der Waals surface area contributed by atoms with Crippen LogP contribution in [0.25, 0.3) is 0 Å². The van der Waals surface area contributed by atoms with Gasteiger partial charge in [0.25, 0.3) is 5.69 Å². The van der Waals surface area contributed by atoms with Crippen molar-refractivity contribution in [1.29, 1.82) is 0 Å². The number of benzene rings is 1. The molecule has 11 nitrogen and oxygen atoms in total. The van der Waals surface area contributed by atoms with Crippen molar-refractivity contribution in [1.82, 2.24) is 5.32 Å². The number of rotatable bonds is 8. The molecule has 1 aliphatic heterocycles. The molecule has 12 heteroatoms. The van der Waals surface area contributed by atoms with E-state index in [-0.39, 0.29) is 35.2 Å². The monoisotopic (exact) mass is 384 g/mol. The first-order valence-corrected chi connectivity index (χ1v) is 9.19. The molecule has 0 fully saturated rings. The lowest BCUT2D eigenvalue weighted by Gasteiger charge is -2.19. The lowest BCUT2D eigenvalue weighted by atomic mass is 10.1. The van der Waals surface area contributed by atoms with Gasteiger partial charge in [0, 0.05) is 44.5 Å². The van der Waals surface area contributed by atoms with Gasteiger partial charge in [0.1, 0.15) is 5.36 Å². The van der Waals surface area contributed by atoms with Crippen molar-refractivity contribution in [2.24, 2.45) is 9.98 Å². The first-order valence-electron chi connectivity index (χ1n) is 7.46. The van der Waals surface area contributed by atoms with Crippen molar-refractivity contribution in [3.05, 3.63) is 38.5 Å². The highest BCUT2D eigenvalue weighted by Gasteiger charge is 2.25. The number of hydrogen-bond donors (Lipinski definition) is 1. The van der Waals surface area contributed by atoms with E-state index in [2.05, 4.69) is 15.3 Å². The van der Waals surface area contributed by atoms with E-state index in [0.717, 1.165) is 6.07 Å². The quantitative estimate of drug-likeness (QED) is 0.282. The molecule has 1 N–H and O–H groups in total. The summed E-state index contributed by atoms with van der Waals surface area (Å²) in [5, 5.41) is 14.2. The Bertz CT molecular complexity index is 922. The van der Waals surface area contributed by atoms with Gasteiger partial charge in [0.05, 0.1) is 16.4 Å². The number of nitro groups is 1. The van der Waals surface area contributed by atoms with E-state index in [0.29, 0.717) is 5.56 Å². The van der Waals surface area contributed by atoms with E-state index in [4.69, 9.17) is 9.05 Å². The summed E-state index contributed by atoms with van der Waals surface area (Å²) in [6.07, 6.45) is 0.0655. The third-order valence-corrected chi connectivity index (χ3v) is 5.79. The van der Waals surface area contributed by atoms with Crippen molar-refractivity contribution in [2.45, 2.75) is 19.5 Å². The van der Waals surface area contributed by atoms with Crippen molar-refractivity contribution < 1.29 is 28.1 Å². The van der Waals surface area contributed by atoms with Crippen LogP contribution in [0.1, 0.15) is 12.5 Å². The molecule has 0 spiro atoms. The van der Waals surface area contributed by atoms with Gasteiger partial charge in [-0.3, -0.25) is 24.3 Å². The molecule has 1 aliphatic rings. The Labute approximate surface area is 147 Å². The maximum Gasteiger partial charge on any atom is 0.338 e. The van der Waals surface area contributed by atoms with Crippen LogP contribution in [0.5, 0.6) is 0 Å². The Balaban J connectivity index is 2.33. The molecule has 1 aromatic carbocycles. The average Bonchev–Trinajstić information content (AvgIpc) is 2.60. The van der Waals surface area contributed by atoms with Gasteiger partial charge >= 0.3 is 19.4 Å². The number of carbonyl (C=O) groups excluding carboxylic acids is 2. The maximum atomic E-state index is 12.1. The first kappa shape index (κ1) is 20.0. The molecule has 140 valence electrons. The van der Waals surface area contributed by atoms with Crippen LogP contribution in [0.4, 0.5) is 5.69 Å². The van der Waals surface area contributed by atoms with Gasteiger partial charge in [0.15, 0.2) is 0 Å². The van der Waals surface area contributed by atoms with Crippen LogP contribution >= 0.6 is 7.60 Å². The van der Waals surface area contributed by atoms with Gasteiger partial charge in [-0.05, 0) is 6.92 Å². The lowest BCUT2D eigenvalue weighted by Crippen LogP contribution is -2.40. The van der Waals surface area contributed by atoms with Crippen LogP contribution in [0, 0.1) is 10.1 Å². The van der Waals surface area contributed by atoms with Crippen LogP contribution in [0.3, 0.4) is 0 Å². The Morgan fingerprint density at radius 2 is 1.85 bits per heavy atom. The second kappa shape index (κ2) is 7.92. The molecule has 2 amide bonds. The van der Waals surface area contributed by atoms with Gasteiger partial charge in [-0.25, -0.2) is 9.98 Å². The Hall–Kier alpha value is -2.33. The fourth-order valence-corrected chi connectivity index (χ4v) is 3.58. The summed E-state index contributed by atoms with van der Waals surface area (Å²) in [5.74, 6) is -2.12. The number of nitro benzene ring substituents is 1. The van der Waals surface area contributed by atoms with Crippen LogP contribution in [0.15, 0.2) is 22.1 Å². The average molecular weight is 384 g/mol. The summed E-state index contributed by atoms with van der Waals surface area (Å²) in [7, 11) is -0.687. The van der Waals surface area contributed by atoms with Crippen molar-refractivity contribution in [3.63, 3.8) is 0 Å². The lowest BCUT2D eigenvalue weighted by molar-refractivity contribution is -0.385. The predicted octanol–water partition coefficient (Wildman–Crippen LogP) is -0.135. The number of hydrogen-bond acceptors (Lipinski definition) is 8. The van der Waals surface area contributed by atoms with E-state index in [1.807, 2.05) is 0 Å². The first-order chi connectivity index (χ1) is 12.2. The fourth-order valence-electron chi connectivity index (χ4n) is 2.33. The van der Waals surface area contributed by atoms with Crippen LogP contribution in [-0.2, 0) is 29.7 Å². The maximum absolute atomic E-state index is 12.1. The van der Waals surface area contributed by atoms with Crippen molar-refractivity contribution in [3.8, 4) is 0 Å². The van der Waals surface area contributed by atoms with Crippen LogP contribution in [-0.4, -0.2) is 43.2 Å². The highest BCUT2D eigenvalue weighted by Crippen LogP contribution is 2.46. The third kappa shape index (κ3) is 4.44. The van der Waals surface area contributed by atoms with E-state index in [1.165, 1.54) is 20.3 Å². The molecule has 2 rings (SSSR count). The normalized spacial score (nSPS) is 15.0. The number of amides is 2. The van der Waals surface area contributed by atoms with E-state index >= 15 is 0 Å². The highest BCUT2D eigenvalue weighted by atomic mass is 31.2. The van der Waals surface area contributed by atoms with Gasteiger partial charge in [-0.15, -0.1) is 0 Å². The number of non-ortho nitro benzene ring substituents is 1. The zero-order valence-corrected chi connectivity index (χ0v) is 15.2. The molecule has 1 aromatic rings. The molecule has 0 bridgehead atoms. The second-order valence-corrected chi connectivity index (χ2v) is 7.82.